The molecule has 4 heteroatoms. The Morgan fingerprint density at radius 1 is 1.67 bits per heavy atom. The Kier molecular flexibility index (Phi) is 7.15. The molecule has 56 valence electrons. The van der Waals surface area contributed by atoms with Gasteiger partial charge in [0.1, 0.15) is 0 Å². The number of hydrogen-bond donors (Lipinski definition) is 1. The summed E-state index contributed by atoms with van der Waals surface area (Å²) in [4.78, 5) is 0. The van der Waals surface area contributed by atoms with Crippen molar-refractivity contribution >= 4 is 26.9 Å². The van der Waals surface area contributed by atoms with E-state index in [0.29, 0.717) is 5.75 Å². The molecule has 0 amide bonds. The molecule has 1 unspecified atom stereocenters. The fraction of sp³-hybridized carbons (Fsp3) is 1.00. The Morgan fingerprint density at radius 2 is 2.33 bits per heavy atom. The molecule has 0 radical (unpaired) electrons. The van der Waals surface area contributed by atoms with Crippen molar-refractivity contribution in [3.8, 4) is 0 Å². The third kappa shape index (κ3) is 6.48. The fourth-order valence-electron chi connectivity index (χ4n) is 0.355. The zero-order valence-corrected chi connectivity index (χ0v) is 7.93. The van der Waals surface area contributed by atoms with Gasteiger partial charge in [0, 0.05) is 17.6 Å². The summed E-state index contributed by atoms with van der Waals surface area (Å²) in [6.07, 6.45) is 1.03. The Morgan fingerprint density at radius 3 is 2.78 bits per heavy atom. The Labute approximate surface area is 67.1 Å². The lowest BCUT2D eigenvalue weighted by molar-refractivity contribution is 0.671. The van der Waals surface area contributed by atoms with Crippen molar-refractivity contribution in [3.63, 3.8) is 0 Å². The van der Waals surface area contributed by atoms with Crippen LogP contribution >= 0.6 is 15.9 Å². The maximum absolute atomic E-state index is 10.7. The zero-order valence-electron chi connectivity index (χ0n) is 5.52. The van der Waals surface area contributed by atoms with Gasteiger partial charge in [0.05, 0.1) is 11.0 Å². The summed E-state index contributed by atoms with van der Waals surface area (Å²) in [6.45, 7) is 2.74. The molecule has 0 saturated heterocycles. The van der Waals surface area contributed by atoms with Gasteiger partial charge in [0.25, 0.3) is 0 Å². The van der Waals surface area contributed by atoms with Crippen molar-refractivity contribution in [1.82, 2.24) is 4.72 Å². The highest BCUT2D eigenvalue weighted by atomic mass is 79.9. The zero-order chi connectivity index (χ0) is 7.11. The predicted molar refractivity (Wildman–Crippen MR) is 45.1 cm³/mol. The maximum atomic E-state index is 10.7. The fourth-order valence-corrected chi connectivity index (χ4v) is 1.21. The molecule has 9 heavy (non-hydrogen) atoms. The number of hydrogen-bond acceptors (Lipinski definition) is 1. The van der Waals surface area contributed by atoms with Gasteiger partial charge in [-0.25, -0.2) is 8.93 Å². The highest BCUT2D eigenvalue weighted by molar-refractivity contribution is 9.09. The molecule has 0 bridgehead atoms. The lowest BCUT2D eigenvalue weighted by Crippen LogP contribution is -2.19. The lowest BCUT2D eigenvalue weighted by atomic mass is 10.5. The van der Waals surface area contributed by atoms with E-state index in [1.807, 2.05) is 6.92 Å². The number of rotatable bonds is 5. The van der Waals surface area contributed by atoms with Crippen molar-refractivity contribution in [1.29, 1.82) is 0 Å². The van der Waals surface area contributed by atoms with E-state index >= 15 is 0 Å². The van der Waals surface area contributed by atoms with Crippen LogP contribution in [0.15, 0.2) is 0 Å². The predicted octanol–water partition coefficient (Wildman–Crippen LogP) is 1.04. The van der Waals surface area contributed by atoms with E-state index < -0.39 is 11.0 Å². The molecule has 0 aromatic carbocycles. The van der Waals surface area contributed by atoms with Gasteiger partial charge in [-0.3, -0.25) is 0 Å². The van der Waals surface area contributed by atoms with Crippen molar-refractivity contribution in [2.75, 3.05) is 17.6 Å². The van der Waals surface area contributed by atoms with Crippen LogP contribution in [-0.2, 0) is 11.0 Å². The molecule has 2 nitrogen and oxygen atoms in total. The van der Waals surface area contributed by atoms with Crippen molar-refractivity contribution < 1.29 is 4.21 Å². The highest BCUT2D eigenvalue weighted by Gasteiger charge is 1.90. The molecular weight excluding hydrogens is 202 g/mol. The summed E-state index contributed by atoms with van der Waals surface area (Å²) >= 11 is 3.28. The third-order valence-corrected chi connectivity index (χ3v) is 2.45. The van der Waals surface area contributed by atoms with Gasteiger partial charge < -0.3 is 0 Å². The van der Waals surface area contributed by atoms with E-state index in [0.717, 1.165) is 18.3 Å². The van der Waals surface area contributed by atoms with E-state index in [2.05, 4.69) is 20.7 Å². The number of nitrogens with one attached hydrogen (secondary N) is 1. The quantitative estimate of drug-likeness (QED) is 0.537. The summed E-state index contributed by atoms with van der Waals surface area (Å²) in [5.74, 6) is 0.697. The van der Waals surface area contributed by atoms with Gasteiger partial charge in [-0.1, -0.05) is 22.9 Å². The van der Waals surface area contributed by atoms with Crippen LogP contribution in [0, 0.1) is 0 Å². The van der Waals surface area contributed by atoms with E-state index in [1.54, 1.807) is 0 Å². The second-order valence-electron chi connectivity index (χ2n) is 1.57. The minimum absolute atomic E-state index is 0.697. The van der Waals surface area contributed by atoms with Crippen LogP contribution in [0.4, 0.5) is 0 Å². The molecule has 0 saturated carbocycles. The Hall–Kier alpha value is 0.590. The largest absolute Gasteiger partial charge is 0.243 e. The van der Waals surface area contributed by atoms with Crippen LogP contribution in [0.25, 0.3) is 0 Å². The molecule has 0 rings (SSSR count). The second-order valence-corrected chi connectivity index (χ2v) is 3.92. The molecule has 0 aliphatic heterocycles. The Balaban J connectivity index is 2.97. The maximum Gasteiger partial charge on any atom is 0.0912 e. The first-order valence-electron chi connectivity index (χ1n) is 2.99. The summed E-state index contributed by atoms with van der Waals surface area (Å²) in [7, 11) is -0.799. The smallest absolute Gasteiger partial charge is 0.0912 e. The average Bonchev–Trinajstić information content (AvgIpc) is 1.89. The van der Waals surface area contributed by atoms with E-state index in [9.17, 15) is 4.21 Å². The summed E-state index contributed by atoms with van der Waals surface area (Å²) < 4.78 is 13.5. The van der Waals surface area contributed by atoms with Crippen LogP contribution in [0.2, 0.25) is 0 Å². The Bertz CT molecular complexity index is 89.0. The molecular formula is C5H12BrNOS. The summed E-state index contributed by atoms with van der Waals surface area (Å²) in [5, 5.41) is 0.973. The lowest BCUT2D eigenvalue weighted by Gasteiger charge is -1.98. The first kappa shape index (κ1) is 9.59. The van der Waals surface area contributed by atoms with Crippen LogP contribution < -0.4 is 4.72 Å². The van der Waals surface area contributed by atoms with E-state index in [1.165, 1.54) is 0 Å². The second kappa shape index (κ2) is 6.71. The van der Waals surface area contributed by atoms with Gasteiger partial charge in [-0.15, -0.1) is 0 Å². The normalized spacial score (nSPS) is 13.6. The average molecular weight is 214 g/mol. The van der Waals surface area contributed by atoms with Crippen LogP contribution in [0.5, 0.6) is 0 Å². The van der Waals surface area contributed by atoms with Gasteiger partial charge >= 0.3 is 0 Å². The molecule has 0 aliphatic rings. The first-order valence-corrected chi connectivity index (χ1v) is 5.43. The van der Waals surface area contributed by atoms with Gasteiger partial charge in [-0.2, -0.15) is 0 Å². The minimum atomic E-state index is -0.799. The summed E-state index contributed by atoms with van der Waals surface area (Å²) in [5.41, 5.74) is 0. The summed E-state index contributed by atoms with van der Waals surface area (Å²) in [6, 6.07) is 0. The van der Waals surface area contributed by atoms with E-state index in [-0.39, 0.29) is 0 Å². The van der Waals surface area contributed by atoms with Gasteiger partial charge in [-0.05, 0) is 6.42 Å². The first-order chi connectivity index (χ1) is 4.31. The monoisotopic (exact) mass is 213 g/mol. The molecule has 0 spiro atoms. The van der Waals surface area contributed by atoms with Crippen LogP contribution in [-0.4, -0.2) is 21.8 Å². The molecule has 1 atom stereocenters. The van der Waals surface area contributed by atoms with Gasteiger partial charge in [0.2, 0.25) is 0 Å². The van der Waals surface area contributed by atoms with Gasteiger partial charge in [0.15, 0.2) is 0 Å². The molecule has 0 fully saturated rings. The minimum Gasteiger partial charge on any atom is -0.243 e. The third-order valence-electron chi connectivity index (χ3n) is 0.836. The molecule has 0 aromatic rings. The molecule has 0 aliphatic carbocycles. The highest BCUT2D eigenvalue weighted by Crippen LogP contribution is 1.84. The van der Waals surface area contributed by atoms with Crippen molar-refractivity contribution in [2.45, 2.75) is 13.3 Å². The molecule has 0 aromatic heterocycles. The van der Waals surface area contributed by atoms with E-state index in [4.69, 9.17) is 0 Å². The van der Waals surface area contributed by atoms with Crippen molar-refractivity contribution in [2.24, 2.45) is 0 Å². The standard InChI is InChI=1S/C5H12BrNOS/c1-2-9(8)7-5-3-4-6/h7H,2-5H2,1H3. The number of alkyl halides is 1. The van der Waals surface area contributed by atoms with Crippen LogP contribution in [0.1, 0.15) is 13.3 Å². The topological polar surface area (TPSA) is 29.1 Å². The van der Waals surface area contributed by atoms with Crippen molar-refractivity contribution in [3.05, 3.63) is 0 Å². The molecule has 0 heterocycles. The van der Waals surface area contributed by atoms with Crippen LogP contribution in [0.3, 0.4) is 0 Å². The molecule has 1 N–H and O–H groups in total. The number of halogens is 1. The SMILES string of the molecule is CCS(=O)NCCCBr.